The van der Waals surface area contributed by atoms with Gasteiger partial charge in [-0.15, -0.1) is 0 Å². The van der Waals surface area contributed by atoms with Gasteiger partial charge in [-0.2, -0.15) is 0 Å². The maximum Gasteiger partial charge on any atom is 0.0767 e. The van der Waals surface area contributed by atoms with E-state index in [9.17, 15) is 0 Å². The highest BCUT2D eigenvalue weighted by molar-refractivity contribution is 4.48. The molecule has 0 aromatic carbocycles. The van der Waals surface area contributed by atoms with Crippen molar-refractivity contribution < 1.29 is 10.6 Å². The topological polar surface area (TPSA) is 57.3 Å². The number of hydrogen-bond acceptors (Lipinski definition) is 2. The fourth-order valence-electron chi connectivity index (χ4n) is 2.02. The van der Waals surface area contributed by atoms with Gasteiger partial charge in [0.1, 0.15) is 0 Å². The molecule has 4 heteroatoms. The second-order valence-electron chi connectivity index (χ2n) is 4.65. The maximum atomic E-state index is 3.51. The fraction of sp³-hybridized carbons (Fsp3) is 1.00. The van der Waals surface area contributed by atoms with Crippen LogP contribution in [0, 0.1) is 0 Å². The van der Waals surface area contributed by atoms with Gasteiger partial charge in [0.15, 0.2) is 0 Å². The molecule has 0 saturated carbocycles. The summed E-state index contributed by atoms with van der Waals surface area (Å²) in [7, 11) is 0. The zero-order chi connectivity index (χ0) is 11.3. The Labute approximate surface area is 107 Å². The van der Waals surface area contributed by atoms with Gasteiger partial charge in [-0.25, -0.2) is 0 Å². The fourth-order valence-corrected chi connectivity index (χ4v) is 2.02. The van der Waals surface area contributed by atoms with Gasteiger partial charge in [0.2, 0.25) is 0 Å². The van der Waals surface area contributed by atoms with Crippen molar-refractivity contribution >= 4 is 0 Å². The summed E-state index contributed by atoms with van der Waals surface area (Å²) in [5.74, 6) is 0. The molecule has 1 saturated heterocycles. The van der Waals surface area contributed by atoms with Gasteiger partial charge in [-0.3, -0.25) is 0 Å². The number of nitrogens with two attached hydrogens (primary N) is 2. The van der Waals surface area contributed by atoms with E-state index >= 15 is 0 Å². The van der Waals surface area contributed by atoms with Gasteiger partial charge < -0.3 is 21.3 Å². The number of quaternary nitrogens is 2. The van der Waals surface area contributed by atoms with Gasteiger partial charge in [0, 0.05) is 51.9 Å². The third-order valence-electron chi connectivity index (χ3n) is 3.05. The molecule has 6 N–H and O–H groups in total. The molecule has 1 aliphatic rings. The minimum atomic E-state index is 0. The van der Waals surface area contributed by atoms with Crippen LogP contribution in [0.4, 0.5) is 0 Å². The van der Waals surface area contributed by atoms with Crippen molar-refractivity contribution in [3.8, 4) is 0 Å². The summed E-state index contributed by atoms with van der Waals surface area (Å²) in [5, 5.41) is 11.9. The maximum absolute atomic E-state index is 3.51. The van der Waals surface area contributed by atoms with E-state index in [1.165, 1.54) is 78.0 Å². The van der Waals surface area contributed by atoms with Crippen molar-refractivity contribution in [2.45, 2.75) is 33.1 Å². The second kappa shape index (κ2) is 13.9. The van der Waals surface area contributed by atoms with E-state index in [2.05, 4.69) is 21.3 Å². The molecule has 0 unspecified atom stereocenters. The van der Waals surface area contributed by atoms with E-state index in [4.69, 9.17) is 0 Å². The minimum absolute atomic E-state index is 0. The first-order chi connectivity index (χ1) is 8.00. The van der Waals surface area contributed by atoms with Gasteiger partial charge >= 0.3 is 0 Å². The molecule has 0 aliphatic carbocycles. The molecule has 0 aromatic rings. The van der Waals surface area contributed by atoms with Crippen LogP contribution in [0.15, 0.2) is 0 Å². The average Bonchev–Trinajstić information content (AvgIpc) is 2.29. The molecule has 104 valence electrons. The molecule has 1 rings (SSSR count). The highest BCUT2D eigenvalue weighted by Gasteiger charge is 1.96. The first-order valence-corrected chi connectivity index (χ1v) is 7.05. The van der Waals surface area contributed by atoms with Crippen LogP contribution in [0.3, 0.4) is 0 Å². The predicted molar refractivity (Wildman–Crippen MR) is 74.3 cm³/mol. The quantitative estimate of drug-likeness (QED) is 0.421. The monoisotopic (exact) mass is 246 g/mol. The molecule has 0 aromatic heterocycles. The smallest absolute Gasteiger partial charge is 0.0767 e. The average molecular weight is 246 g/mol. The normalized spacial score (nSPS) is 22.6. The lowest BCUT2D eigenvalue weighted by Crippen LogP contribution is -2.85. The molecule has 0 amide bonds. The summed E-state index contributed by atoms with van der Waals surface area (Å²) in [6.07, 6.45) is 5.21. The number of nitrogens with one attached hydrogen (secondary N) is 2. The van der Waals surface area contributed by atoms with Crippen LogP contribution >= 0.6 is 0 Å². The summed E-state index contributed by atoms with van der Waals surface area (Å²) < 4.78 is 0. The lowest BCUT2D eigenvalue weighted by molar-refractivity contribution is -0.655. The molecule has 0 spiro atoms. The SMILES string of the molecule is C.C1CNCCC[NH2+]CCCNCCC[NH2+]C1. The van der Waals surface area contributed by atoms with Crippen LogP contribution in [0.2, 0.25) is 0 Å². The van der Waals surface area contributed by atoms with E-state index in [1.54, 1.807) is 0 Å². The van der Waals surface area contributed by atoms with Crippen LogP contribution < -0.4 is 21.3 Å². The van der Waals surface area contributed by atoms with Crippen molar-refractivity contribution in [1.29, 1.82) is 0 Å². The van der Waals surface area contributed by atoms with Crippen LogP contribution in [0.1, 0.15) is 33.1 Å². The molecule has 1 heterocycles. The summed E-state index contributed by atoms with van der Waals surface area (Å²) in [4.78, 5) is 0. The minimum Gasteiger partial charge on any atom is -0.346 e. The van der Waals surface area contributed by atoms with Crippen molar-refractivity contribution in [1.82, 2.24) is 10.6 Å². The Balaban J connectivity index is 0.00000256. The molecule has 0 bridgehead atoms. The molecule has 4 nitrogen and oxygen atoms in total. The zero-order valence-electron chi connectivity index (χ0n) is 10.6. The predicted octanol–water partition coefficient (Wildman–Crippen LogP) is -1.50. The number of hydrogen-bond donors (Lipinski definition) is 4. The Kier molecular flexibility index (Phi) is 13.8. The van der Waals surface area contributed by atoms with Crippen LogP contribution in [0.5, 0.6) is 0 Å². The van der Waals surface area contributed by atoms with Crippen LogP contribution in [0.25, 0.3) is 0 Å². The van der Waals surface area contributed by atoms with Crippen molar-refractivity contribution in [2.24, 2.45) is 0 Å². The molecule has 17 heavy (non-hydrogen) atoms. The highest BCUT2D eigenvalue weighted by Crippen LogP contribution is 1.75. The molecule has 1 aliphatic heterocycles. The van der Waals surface area contributed by atoms with E-state index in [0.717, 1.165) is 0 Å². The molecular weight excluding hydrogens is 212 g/mol. The highest BCUT2D eigenvalue weighted by atomic mass is 14.9. The van der Waals surface area contributed by atoms with E-state index in [0.29, 0.717) is 0 Å². The largest absolute Gasteiger partial charge is 0.346 e. The second-order valence-corrected chi connectivity index (χ2v) is 4.65. The Morgan fingerprint density at radius 1 is 0.529 bits per heavy atom. The van der Waals surface area contributed by atoms with Crippen LogP contribution in [-0.2, 0) is 0 Å². The summed E-state index contributed by atoms with van der Waals surface area (Å²) in [6, 6.07) is 0. The molecule has 0 atom stereocenters. The third kappa shape index (κ3) is 12.1. The van der Waals surface area contributed by atoms with Gasteiger partial charge in [0.05, 0.1) is 26.2 Å². The molecule has 1 fully saturated rings. The standard InChI is InChI=1S/C12H28N4.CH4/c1-5-13-7-2-9-15-11-4-12-16-10-3-8-14-6-1;/h13-16H,1-12H2;1H4/p+2. The van der Waals surface area contributed by atoms with E-state index < -0.39 is 0 Å². The molecule has 0 radical (unpaired) electrons. The van der Waals surface area contributed by atoms with Crippen LogP contribution in [-0.4, -0.2) is 52.4 Å². The Morgan fingerprint density at radius 2 is 0.824 bits per heavy atom. The Bertz CT molecular complexity index is 77.4. The Hall–Kier alpha value is -0.160. The first-order valence-electron chi connectivity index (χ1n) is 7.05. The van der Waals surface area contributed by atoms with E-state index in [1.807, 2.05) is 0 Å². The number of rotatable bonds is 0. The van der Waals surface area contributed by atoms with Gasteiger partial charge in [-0.05, 0) is 0 Å². The lowest BCUT2D eigenvalue weighted by atomic mass is 10.3. The summed E-state index contributed by atoms with van der Waals surface area (Å²) >= 11 is 0. The van der Waals surface area contributed by atoms with E-state index in [-0.39, 0.29) is 7.43 Å². The van der Waals surface area contributed by atoms with Crippen molar-refractivity contribution in [3.05, 3.63) is 0 Å². The van der Waals surface area contributed by atoms with Crippen molar-refractivity contribution in [2.75, 3.05) is 52.4 Å². The third-order valence-corrected chi connectivity index (χ3v) is 3.05. The zero-order valence-corrected chi connectivity index (χ0v) is 10.6. The van der Waals surface area contributed by atoms with Gasteiger partial charge in [0.25, 0.3) is 0 Å². The first kappa shape index (κ1) is 16.8. The van der Waals surface area contributed by atoms with Crippen molar-refractivity contribution in [3.63, 3.8) is 0 Å². The molecular formula is C13H34N4+2. The van der Waals surface area contributed by atoms with Gasteiger partial charge in [-0.1, -0.05) is 7.43 Å². The Morgan fingerprint density at radius 3 is 1.12 bits per heavy atom. The summed E-state index contributed by atoms with van der Waals surface area (Å²) in [5.41, 5.74) is 0. The summed E-state index contributed by atoms with van der Waals surface area (Å²) in [6.45, 7) is 9.86. The lowest BCUT2D eigenvalue weighted by Gasteiger charge is -2.07.